The van der Waals surface area contributed by atoms with Crippen molar-refractivity contribution >= 4 is 5.97 Å². The highest BCUT2D eigenvalue weighted by Gasteiger charge is 2.44. The Morgan fingerprint density at radius 3 is 2.35 bits per heavy atom. The summed E-state index contributed by atoms with van der Waals surface area (Å²) < 4.78 is 0. The molecular weight excluding hydrogens is 250 g/mol. The van der Waals surface area contributed by atoms with Crippen LogP contribution in [0, 0.1) is 17.8 Å². The van der Waals surface area contributed by atoms with Crippen molar-refractivity contribution in [2.75, 3.05) is 6.54 Å². The lowest BCUT2D eigenvalue weighted by Gasteiger charge is -2.41. The summed E-state index contributed by atoms with van der Waals surface area (Å²) in [5, 5.41) is 9.60. The Morgan fingerprint density at radius 2 is 1.80 bits per heavy atom. The second-order valence-corrected chi connectivity index (χ2v) is 7.35. The summed E-state index contributed by atoms with van der Waals surface area (Å²) in [7, 11) is 0. The molecule has 0 aromatic rings. The largest absolute Gasteiger partial charge is 0.481 e. The van der Waals surface area contributed by atoms with E-state index in [1.165, 1.54) is 45.1 Å². The molecule has 3 rings (SSSR count). The number of carboxylic acid groups (broad SMARTS) is 1. The fourth-order valence-electron chi connectivity index (χ4n) is 4.12. The normalized spacial score (nSPS) is 34.4. The van der Waals surface area contributed by atoms with Crippen molar-refractivity contribution in [3.05, 3.63) is 0 Å². The van der Waals surface area contributed by atoms with E-state index in [1.54, 1.807) is 0 Å². The lowest BCUT2D eigenvalue weighted by Crippen LogP contribution is -2.49. The van der Waals surface area contributed by atoms with Crippen LogP contribution in [0.25, 0.3) is 0 Å². The molecule has 1 N–H and O–H groups in total. The molecule has 20 heavy (non-hydrogen) atoms. The van der Waals surface area contributed by atoms with E-state index >= 15 is 0 Å². The van der Waals surface area contributed by atoms with E-state index in [0.717, 1.165) is 31.1 Å². The van der Waals surface area contributed by atoms with Gasteiger partial charge in [-0.05, 0) is 56.8 Å². The van der Waals surface area contributed by atoms with E-state index < -0.39 is 5.97 Å². The molecule has 3 nitrogen and oxygen atoms in total. The zero-order valence-electron chi connectivity index (χ0n) is 12.8. The van der Waals surface area contributed by atoms with Crippen molar-refractivity contribution in [1.29, 1.82) is 0 Å². The molecule has 0 spiro atoms. The van der Waals surface area contributed by atoms with Gasteiger partial charge < -0.3 is 5.11 Å². The fourth-order valence-corrected chi connectivity index (χ4v) is 4.12. The molecule has 3 aliphatic rings. The molecule has 0 amide bonds. The minimum absolute atomic E-state index is 0.109. The van der Waals surface area contributed by atoms with Crippen molar-refractivity contribution < 1.29 is 9.90 Å². The second-order valence-electron chi connectivity index (χ2n) is 7.35. The quantitative estimate of drug-likeness (QED) is 0.775. The lowest BCUT2D eigenvalue weighted by atomic mass is 9.75. The maximum Gasteiger partial charge on any atom is 0.308 e. The minimum atomic E-state index is -0.550. The third-order valence-electron chi connectivity index (χ3n) is 5.55. The molecule has 0 aromatic carbocycles. The van der Waals surface area contributed by atoms with Gasteiger partial charge >= 0.3 is 5.97 Å². The Kier molecular flexibility index (Phi) is 4.34. The van der Waals surface area contributed by atoms with Crippen LogP contribution in [0.3, 0.4) is 0 Å². The molecule has 3 aliphatic carbocycles. The van der Waals surface area contributed by atoms with Crippen LogP contribution in [0.4, 0.5) is 0 Å². The molecule has 0 saturated heterocycles. The van der Waals surface area contributed by atoms with Crippen LogP contribution < -0.4 is 0 Å². The topological polar surface area (TPSA) is 40.5 Å². The van der Waals surface area contributed by atoms with Gasteiger partial charge in [0.05, 0.1) is 5.92 Å². The van der Waals surface area contributed by atoms with E-state index in [4.69, 9.17) is 0 Å². The average Bonchev–Trinajstić information content (AvgIpc) is 3.28. The lowest BCUT2D eigenvalue weighted by molar-refractivity contribution is -0.146. The van der Waals surface area contributed by atoms with Crippen LogP contribution in [0.2, 0.25) is 0 Å². The van der Waals surface area contributed by atoms with E-state index in [2.05, 4.69) is 11.8 Å². The van der Waals surface area contributed by atoms with Gasteiger partial charge in [0.25, 0.3) is 0 Å². The highest BCUT2D eigenvalue weighted by molar-refractivity contribution is 5.71. The number of aliphatic carboxylic acids is 1. The van der Waals surface area contributed by atoms with Gasteiger partial charge in [-0.2, -0.15) is 0 Å². The molecule has 0 aliphatic heterocycles. The molecule has 3 saturated carbocycles. The number of nitrogens with zero attached hydrogens (tertiary/aromatic N) is 1. The summed E-state index contributed by atoms with van der Waals surface area (Å²) in [6.07, 6.45) is 11.0. The van der Waals surface area contributed by atoms with Crippen LogP contribution in [0.1, 0.15) is 64.7 Å². The first-order chi connectivity index (χ1) is 9.69. The van der Waals surface area contributed by atoms with Crippen molar-refractivity contribution in [3.8, 4) is 0 Å². The van der Waals surface area contributed by atoms with Gasteiger partial charge in [-0.1, -0.05) is 19.8 Å². The zero-order valence-corrected chi connectivity index (χ0v) is 12.8. The number of hydrogen-bond donors (Lipinski definition) is 1. The van der Waals surface area contributed by atoms with Gasteiger partial charge in [0.2, 0.25) is 0 Å². The first kappa shape index (κ1) is 14.4. The predicted molar refractivity (Wildman–Crippen MR) is 79.6 cm³/mol. The highest BCUT2D eigenvalue weighted by Crippen LogP contribution is 2.42. The maximum absolute atomic E-state index is 11.7. The van der Waals surface area contributed by atoms with E-state index in [-0.39, 0.29) is 5.92 Å². The van der Waals surface area contributed by atoms with Gasteiger partial charge in [-0.15, -0.1) is 0 Å². The zero-order chi connectivity index (χ0) is 14.1. The molecule has 0 heterocycles. The maximum atomic E-state index is 11.7. The van der Waals surface area contributed by atoms with E-state index in [9.17, 15) is 9.90 Å². The van der Waals surface area contributed by atoms with E-state index in [1.807, 2.05) is 0 Å². The molecule has 3 unspecified atom stereocenters. The summed E-state index contributed by atoms with van der Waals surface area (Å²) in [5.74, 6) is 0.978. The Morgan fingerprint density at radius 1 is 1.10 bits per heavy atom. The van der Waals surface area contributed by atoms with Crippen LogP contribution in [-0.2, 0) is 4.79 Å². The summed E-state index contributed by atoms with van der Waals surface area (Å²) >= 11 is 0. The van der Waals surface area contributed by atoms with Crippen molar-refractivity contribution in [2.24, 2.45) is 17.8 Å². The van der Waals surface area contributed by atoms with Gasteiger partial charge in [0.15, 0.2) is 0 Å². The van der Waals surface area contributed by atoms with Crippen molar-refractivity contribution in [1.82, 2.24) is 4.90 Å². The average molecular weight is 279 g/mol. The molecule has 0 aromatic heterocycles. The Labute approximate surface area is 122 Å². The van der Waals surface area contributed by atoms with Crippen LogP contribution >= 0.6 is 0 Å². The Balaban J connectivity index is 1.70. The SMILES string of the molecule is CCCC1CCC(C(=O)O)C(N(CC2CC2)C2CC2)C1. The van der Waals surface area contributed by atoms with Gasteiger partial charge in [0.1, 0.15) is 0 Å². The van der Waals surface area contributed by atoms with Crippen molar-refractivity contribution in [2.45, 2.75) is 76.8 Å². The van der Waals surface area contributed by atoms with Crippen LogP contribution in [0.15, 0.2) is 0 Å². The smallest absolute Gasteiger partial charge is 0.308 e. The molecule has 3 fully saturated rings. The molecule has 0 radical (unpaired) electrons. The van der Waals surface area contributed by atoms with E-state index in [0.29, 0.717) is 12.1 Å². The number of carbonyl (C=O) groups is 1. The summed E-state index contributed by atoms with van der Waals surface area (Å²) in [6, 6.07) is 1.04. The molecule has 3 atom stereocenters. The predicted octanol–water partition coefficient (Wildman–Crippen LogP) is 3.53. The van der Waals surface area contributed by atoms with Gasteiger partial charge in [-0.3, -0.25) is 9.69 Å². The first-order valence-electron chi connectivity index (χ1n) is 8.67. The number of rotatable bonds is 7. The Hall–Kier alpha value is -0.570. The highest BCUT2D eigenvalue weighted by atomic mass is 16.4. The minimum Gasteiger partial charge on any atom is -0.481 e. The monoisotopic (exact) mass is 279 g/mol. The van der Waals surface area contributed by atoms with Crippen molar-refractivity contribution in [3.63, 3.8) is 0 Å². The third kappa shape index (κ3) is 3.36. The first-order valence-corrected chi connectivity index (χ1v) is 8.67. The standard InChI is InChI=1S/C17H29NO2/c1-2-3-12-6-9-15(17(19)20)16(10-12)18(14-7-8-14)11-13-4-5-13/h12-16H,2-11H2,1H3,(H,19,20). The molecule has 0 bridgehead atoms. The summed E-state index contributed by atoms with van der Waals surface area (Å²) in [4.78, 5) is 14.3. The number of carboxylic acids is 1. The Bertz CT molecular complexity index is 349. The fraction of sp³-hybridized carbons (Fsp3) is 0.941. The molecular formula is C17H29NO2. The molecule has 114 valence electrons. The van der Waals surface area contributed by atoms with Crippen LogP contribution in [-0.4, -0.2) is 34.6 Å². The van der Waals surface area contributed by atoms with Crippen LogP contribution in [0.5, 0.6) is 0 Å². The summed E-state index contributed by atoms with van der Waals surface area (Å²) in [6.45, 7) is 3.43. The number of hydrogen-bond acceptors (Lipinski definition) is 2. The molecule has 3 heteroatoms. The van der Waals surface area contributed by atoms with Gasteiger partial charge in [0, 0.05) is 18.6 Å². The van der Waals surface area contributed by atoms with Gasteiger partial charge in [-0.25, -0.2) is 0 Å². The summed E-state index contributed by atoms with van der Waals surface area (Å²) in [5.41, 5.74) is 0. The third-order valence-corrected chi connectivity index (χ3v) is 5.55. The second kappa shape index (κ2) is 6.05.